The Bertz CT molecular complexity index is 1350. The molecule has 5 heterocycles. The van der Waals surface area contributed by atoms with Crippen molar-refractivity contribution in [2.75, 3.05) is 49.9 Å². The molecule has 38 heavy (non-hydrogen) atoms. The maximum atomic E-state index is 13.3. The lowest BCUT2D eigenvalue weighted by molar-refractivity contribution is -0.0547. The first-order valence-electron chi connectivity index (χ1n) is 13.0. The van der Waals surface area contributed by atoms with Gasteiger partial charge in [0, 0.05) is 69.8 Å². The number of urea groups is 1. The van der Waals surface area contributed by atoms with Crippen LogP contribution in [-0.4, -0.2) is 82.0 Å². The predicted octanol–water partition coefficient (Wildman–Crippen LogP) is 4.24. The number of thiazole rings is 1. The molecule has 2 aromatic heterocycles. The molecule has 0 radical (unpaired) electrons. The van der Waals surface area contributed by atoms with Gasteiger partial charge in [-0.15, -0.1) is 11.3 Å². The van der Waals surface area contributed by atoms with Crippen LogP contribution >= 0.6 is 11.3 Å². The number of aromatic nitrogens is 3. The SMILES string of the molecule is O=C(NCCN1CCC(F)(F)CC1)N1CC=C(C2Cc3c(Nc4ccc5ncsc5c4)ncnc3N2)CC1. The van der Waals surface area contributed by atoms with Crippen LogP contribution < -0.4 is 16.0 Å². The van der Waals surface area contributed by atoms with Crippen molar-refractivity contribution in [2.45, 2.75) is 37.6 Å². The minimum Gasteiger partial charge on any atom is -0.363 e. The summed E-state index contributed by atoms with van der Waals surface area (Å²) in [5.74, 6) is -0.916. The fourth-order valence-corrected chi connectivity index (χ4v) is 5.99. The van der Waals surface area contributed by atoms with Gasteiger partial charge in [-0.25, -0.2) is 28.5 Å². The van der Waals surface area contributed by atoms with Gasteiger partial charge in [0.2, 0.25) is 0 Å². The standard InChI is InChI=1S/C26H30F2N8OS/c27-26(28)5-10-35(11-6-26)12-7-29-25(37)36-8-3-17(4-9-36)21-14-19-23(30-15-31-24(19)34-21)33-18-1-2-20-22(13-18)38-16-32-20/h1-3,13,15-16,21H,4-12,14H2,(H,29,37)(H2,30,31,33,34). The number of fused-ring (bicyclic) bond motifs is 2. The van der Waals surface area contributed by atoms with Crippen molar-refractivity contribution in [3.63, 3.8) is 0 Å². The summed E-state index contributed by atoms with van der Waals surface area (Å²) in [4.78, 5) is 29.7. The lowest BCUT2D eigenvalue weighted by Crippen LogP contribution is -2.47. The third-order valence-electron chi connectivity index (χ3n) is 7.53. The van der Waals surface area contributed by atoms with E-state index in [1.165, 1.54) is 5.57 Å². The fraction of sp³-hybridized carbons (Fsp3) is 0.462. The lowest BCUT2D eigenvalue weighted by Gasteiger charge is -2.32. The fourth-order valence-electron chi connectivity index (χ4n) is 5.27. The van der Waals surface area contributed by atoms with Crippen molar-refractivity contribution >= 4 is 44.9 Å². The van der Waals surface area contributed by atoms with E-state index in [2.05, 4.69) is 43.0 Å². The number of halogens is 2. The highest BCUT2D eigenvalue weighted by Gasteiger charge is 2.34. The molecule has 0 saturated carbocycles. The summed E-state index contributed by atoms with van der Waals surface area (Å²) in [6, 6.07) is 6.09. The summed E-state index contributed by atoms with van der Waals surface area (Å²) in [6.07, 6.45) is 5.03. The molecule has 9 nitrogen and oxygen atoms in total. The molecular formula is C26H30F2N8OS. The van der Waals surface area contributed by atoms with E-state index in [0.717, 1.165) is 45.9 Å². The van der Waals surface area contributed by atoms with Gasteiger partial charge in [-0.05, 0) is 30.2 Å². The maximum Gasteiger partial charge on any atom is 0.317 e. The van der Waals surface area contributed by atoms with Gasteiger partial charge < -0.3 is 25.8 Å². The molecule has 3 aliphatic heterocycles. The third-order valence-corrected chi connectivity index (χ3v) is 8.32. The Morgan fingerprint density at radius 2 is 2.05 bits per heavy atom. The molecule has 12 heteroatoms. The molecule has 0 aliphatic carbocycles. The first-order chi connectivity index (χ1) is 18.4. The van der Waals surface area contributed by atoms with Crippen LogP contribution in [0.15, 0.2) is 41.7 Å². The number of carbonyl (C=O) groups is 1. The zero-order valence-electron chi connectivity index (χ0n) is 20.9. The molecule has 6 rings (SSSR count). The Labute approximate surface area is 223 Å². The van der Waals surface area contributed by atoms with Crippen LogP contribution in [-0.2, 0) is 6.42 Å². The molecule has 1 aromatic carbocycles. The van der Waals surface area contributed by atoms with E-state index in [1.807, 2.05) is 22.5 Å². The molecule has 1 unspecified atom stereocenters. The molecule has 1 fully saturated rings. The first kappa shape index (κ1) is 24.9. The van der Waals surface area contributed by atoms with E-state index in [4.69, 9.17) is 0 Å². The van der Waals surface area contributed by atoms with E-state index < -0.39 is 5.92 Å². The van der Waals surface area contributed by atoms with Crippen LogP contribution in [0.5, 0.6) is 0 Å². The van der Waals surface area contributed by atoms with E-state index >= 15 is 0 Å². The van der Waals surface area contributed by atoms with Gasteiger partial charge in [-0.3, -0.25) is 0 Å². The number of hydrogen-bond acceptors (Lipinski definition) is 8. The second-order valence-corrected chi connectivity index (χ2v) is 10.9. The summed E-state index contributed by atoms with van der Waals surface area (Å²) in [5, 5.41) is 9.92. The van der Waals surface area contributed by atoms with Crippen LogP contribution in [0.1, 0.15) is 24.8 Å². The second-order valence-electron chi connectivity index (χ2n) is 10.0. The second kappa shape index (κ2) is 10.4. The molecule has 3 aromatic rings. The van der Waals surface area contributed by atoms with Gasteiger partial charge in [0.1, 0.15) is 18.0 Å². The van der Waals surface area contributed by atoms with Crippen molar-refractivity contribution in [1.29, 1.82) is 0 Å². The largest absolute Gasteiger partial charge is 0.363 e. The molecule has 3 N–H and O–H groups in total. The van der Waals surface area contributed by atoms with Crippen molar-refractivity contribution in [2.24, 2.45) is 0 Å². The number of nitrogens with one attached hydrogen (secondary N) is 3. The summed E-state index contributed by atoms with van der Waals surface area (Å²) in [7, 11) is 0. The average Bonchev–Trinajstić information content (AvgIpc) is 3.57. The Kier molecular flexibility index (Phi) is 6.83. The van der Waals surface area contributed by atoms with E-state index in [-0.39, 0.29) is 24.9 Å². The minimum absolute atomic E-state index is 0.106. The number of nitrogens with zero attached hydrogens (tertiary/aromatic N) is 5. The van der Waals surface area contributed by atoms with Gasteiger partial charge in [0.05, 0.1) is 21.8 Å². The number of likely N-dealkylation sites (tertiary alicyclic amines) is 1. The number of rotatable bonds is 6. The van der Waals surface area contributed by atoms with Crippen molar-refractivity contribution < 1.29 is 13.6 Å². The van der Waals surface area contributed by atoms with E-state index in [0.29, 0.717) is 39.3 Å². The van der Waals surface area contributed by atoms with Gasteiger partial charge in [-0.1, -0.05) is 6.08 Å². The molecule has 0 bridgehead atoms. The Morgan fingerprint density at radius 1 is 1.18 bits per heavy atom. The van der Waals surface area contributed by atoms with Crippen LogP contribution in [0, 0.1) is 0 Å². The molecule has 1 saturated heterocycles. The van der Waals surface area contributed by atoms with Gasteiger partial charge in [0.25, 0.3) is 5.92 Å². The lowest BCUT2D eigenvalue weighted by atomic mass is 9.97. The monoisotopic (exact) mass is 540 g/mol. The normalized spacial score (nSPS) is 21.1. The predicted molar refractivity (Wildman–Crippen MR) is 144 cm³/mol. The Morgan fingerprint density at radius 3 is 2.87 bits per heavy atom. The number of anilines is 3. The Balaban J connectivity index is 1.01. The third kappa shape index (κ3) is 5.41. The maximum absolute atomic E-state index is 13.3. The first-order valence-corrected chi connectivity index (χ1v) is 13.8. The number of piperidine rings is 1. The quantitative estimate of drug-likeness (QED) is 0.403. The van der Waals surface area contributed by atoms with Crippen LogP contribution in [0.25, 0.3) is 10.2 Å². The molecule has 2 amide bonds. The number of alkyl halides is 2. The highest BCUT2D eigenvalue weighted by Crippen LogP contribution is 2.35. The van der Waals surface area contributed by atoms with Gasteiger partial charge in [0.15, 0.2) is 0 Å². The van der Waals surface area contributed by atoms with Crippen molar-refractivity contribution in [1.82, 2.24) is 30.1 Å². The molecule has 3 aliphatic rings. The topological polar surface area (TPSA) is 98.3 Å². The number of benzene rings is 1. The van der Waals surface area contributed by atoms with Crippen LogP contribution in [0.2, 0.25) is 0 Å². The van der Waals surface area contributed by atoms with E-state index in [1.54, 1.807) is 22.6 Å². The van der Waals surface area contributed by atoms with Crippen molar-refractivity contribution in [3.8, 4) is 0 Å². The van der Waals surface area contributed by atoms with Crippen LogP contribution in [0.4, 0.5) is 30.9 Å². The Hall–Kier alpha value is -3.38. The van der Waals surface area contributed by atoms with Crippen LogP contribution in [0.3, 0.4) is 0 Å². The number of hydrogen-bond donors (Lipinski definition) is 3. The number of carbonyl (C=O) groups excluding carboxylic acids is 1. The summed E-state index contributed by atoms with van der Waals surface area (Å²) in [6.45, 7) is 2.97. The minimum atomic E-state index is -2.55. The average molecular weight is 541 g/mol. The summed E-state index contributed by atoms with van der Waals surface area (Å²) < 4.78 is 27.7. The van der Waals surface area contributed by atoms with Gasteiger partial charge in [-0.2, -0.15) is 0 Å². The molecular weight excluding hydrogens is 510 g/mol. The highest BCUT2D eigenvalue weighted by atomic mass is 32.1. The zero-order chi connectivity index (χ0) is 26.1. The van der Waals surface area contributed by atoms with Gasteiger partial charge >= 0.3 is 6.03 Å². The summed E-state index contributed by atoms with van der Waals surface area (Å²) >= 11 is 1.61. The zero-order valence-corrected chi connectivity index (χ0v) is 21.7. The van der Waals surface area contributed by atoms with E-state index in [9.17, 15) is 13.6 Å². The smallest absolute Gasteiger partial charge is 0.317 e. The van der Waals surface area contributed by atoms with Crippen molar-refractivity contribution in [3.05, 3.63) is 47.2 Å². The highest BCUT2D eigenvalue weighted by molar-refractivity contribution is 7.16. The number of amides is 2. The summed E-state index contributed by atoms with van der Waals surface area (Å²) in [5.41, 5.74) is 6.10. The molecule has 200 valence electrons. The molecule has 1 atom stereocenters. The molecule has 0 spiro atoms.